The molecule has 4 heteroatoms. The molecule has 1 rings (SSSR count). The van der Waals surface area contributed by atoms with Crippen LogP contribution in [0.15, 0.2) is 11.0 Å². The molecule has 0 unspecified atom stereocenters. The minimum absolute atomic E-state index is 0.0877. The van der Waals surface area contributed by atoms with Crippen LogP contribution >= 0.6 is 0 Å². The zero-order valence-electron chi connectivity index (χ0n) is 5.59. The van der Waals surface area contributed by atoms with Crippen molar-refractivity contribution in [3.8, 4) is 0 Å². The number of aryl methyl sites for hydroxylation is 1. The van der Waals surface area contributed by atoms with E-state index in [0.29, 0.717) is 11.3 Å². The Hall–Kier alpha value is -1.16. The minimum atomic E-state index is -0.380. The summed E-state index contributed by atoms with van der Waals surface area (Å²) in [5, 5.41) is 8.65. The molecule has 1 aromatic heterocycles. The highest BCUT2D eigenvalue weighted by Crippen LogP contribution is 1.97. The van der Waals surface area contributed by atoms with E-state index in [4.69, 9.17) is 5.11 Å². The number of hydrogen-bond acceptors (Lipinski definition) is 3. The number of nitrogens with one attached hydrogen (secondary N) is 1. The van der Waals surface area contributed by atoms with Gasteiger partial charge in [0.1, 0.15) is 0 Å². The molecule has 2 N–H and O–H groups in total. The first-order chi connectivity index (χ1) is 4.74. The van der Waals surface area contributed by atoms with Gasteiger partial charge >= 0.3 is 5.69 Å². The lowest BCUT2D eigenvalue weighted by molar-refractivity contribution is 0.280. The lowest BCUT2D eigenvalue weighted by Gasteiger charge is -1.97. The number of aliphatic hydroxyl groups is 1. The minimum Gasteiger partial charge on any atom is -0.392 e. The fourth-order valence-electron chi connectivity index (χ4n) is 0.666. The lowest BCUT2D eigenvalue weighted by atomic mass is 10.3. The third-order valence-corrected chi connectivity index (χ3v) is 1.28. The molecule has 0 saturated carbocycles. The van der Waals surface area contributed by atoms with Crippen LogP contribution in [0.5, 0.6) is 0 Å². The Balaban J connectivity index is 3.19. The second-order valence-corrected chi connectivity index (χ2v) is 2.00. The summed E-state index contributed by atoms with van der Waals surface area (Å²) in [6.45, 7) is 1.63. The van der Waals surface area contributed by atoms with Crippen molar-refractivity contribution in [1.29, 1.82) is 0 Å². The molecule has 0 spiro atoms. The number of aliphatic hydroxyl groups excluding tert-OH is 1. The molecule has 1 aromatic rings. The summed E-state index contributed by atoms with van der Waals surface area (Å²) in [5.41, 5.74) is 0.941. The number of nitrogens with zero attached hydrogens (tertiary/aromatic N) is 1. The van der Waals surface area contributed by atoms with Gasteiger partial charge in [0.05, 0.1) is 6.61 Å². The van der Waals surface area contributed by atoms with Gasteiger partial charge in [0.25, 0.3) is 0 Å². The highest BCUT2D eigenvalue weighted by molar-refractivity contribution is 5.12. The predicted octanol–water partition coefficient (Wildman–Crippen LogP) is -0.429. The van der Waals surface area contributed by atoms with Crippen LogP contribution in [0.4, 0.5) is 0 Å². The molecule has 0 aliphatic carbocycles. The SMILES string of the molecule is Cc1[nH]c(=O)ncc1CO. The van der Waals surface area contributed by atoms with Crippen molar-refractivity contribution in [2.24, 2.45) is 0 Å². The van der Waals surface area contributed by atoms with Gasteiger partial charge in [-0.15, -0.1) is 0 Å². The number of aromatic amines is 1. The van der Waals surface area contributed by atoms with Crippen LogP contribution < -0.4 is 5.69 Å². The van der Waals surface area contributed by atoms with E-state index < -0.39 is 0 Å². The monoisotopic (exact) mass is 140 g/mol. The third-order valence-electron chi connectivity index (χ3n) is 1.28. The summed E-state index contributed by atoms with van der Waals surface area (Å²) in [6.07, 6.45) is 1.37. The van der Waals surface area contributed by atoms with Crippen molar-refractivity contribution in [1.82, 2.24) is 9.97 Å². The molecule has 0 amide bonds. The number of rotatable bonds is 1. The second kappa shape index (κ2) is 2.62. The first kappa shape index (κ1) is 6.95. The highest BCUT2D eigenvalue weighted by atomic mass is 16.3. The van der Waals surface area contributed by atoms with Crippen molar-refractivity contribution in [3.05, 3.63) is 27.9 Å². The van der Waals surface area contributed by atoms with Crippen LogP contribution in [0.25, 0.3) is 0 Å². The van der Waals surface area contributed by atoms with E-state index in [-0.39, 0.29) is 12.3 Å². The molecule has 54 valence electrons. The molecule has 4 nitrogen and oxygen atoms in total. The van der Waals surface area contributed by atoms with Gasteiger partial charge in [0.15, 0.2) is 0 Å². The van der Waals surface area contributed by atoms with E-state index in [1.54, 1.807) is 6.92 Å². The van der Waals surface area contributed by atoms with E-state index in [1.807, 2.05) is 0 Å². The quantitative estimate of drug-likeness (QED) is 0.556. The van der Waals surface area contributed by atoms with Gasteiger partial charge < -0.3 is 10.1 Å². The van der Waals surface area contributed by atoms with Crippen LogP contribution in [0.1, 0.15) is 11.3 Å². The molecule has 0 aliphatic rings. The van der Waals surface area contributed by atoms with E-state index >= 15 is 0 Å². The van der Waals surface area contributed by atoms with E-state index in [2.05, 4.69) is 9.97 Å². The van der Waals surface area contributed by atoms with Crippen molar-refractivity contribution >= 4 is 0 Å². The van der Waals surface area contributed by atoms with Crippen LogP contribution in [-0.4, -0.2) is 15.1 Å². The lowest BCUT2D eigenvalue weighted by Crippen LogP contribution is -2.12. The van der Waals surface area contributed by atoms with Crippen molar-refractivity contribution in [2.45, 2.75) is 13.5 Å². The maximum Gasteiger partial charge on any atom is 0.345 e. The molecule has 0 fully saturated rings. The Morgan fingerprint density at radius 1 is 1.80 bits per heavy atom. The van der Waals surface area contributed by atoms with Gasteiger partial charge in [-0.1, -0.05) is 0 Å². The summed E-state index contributed by atoms with van der Waals surface area (Å²) in [7, 11) is 0. The molecule has 0 atom stereocenters. The first-order valence-electron chi connectivity index (χ1n) is 2.89. The summed E-state index contributed by atoms with van der Waals surface area (Å²) in [5.74, 6) is 0. The van der Waals surface area contributed by atoms with Gasteiger partial charge in [-0.25, -0.2) is 9.78 Å². The molecule has 0 aliphatic heterocycles. The second-order valence-electron chi connectivity index (χ2n) is 2.00. The fraction of sp³-hybridized carbons (Fsp3) is 0.333. The van der Waals surface area contributed by atoms with Crippen molar-refractivity contribution in [2.75, 3.05) is 0 Å². The Bertz CT molecular complexity index is 279. The van der Waals surface area contributed by atoms with E-state index in [9.17, 15) is 4.79 Å². The maximum atomic E-state index is 10.5. The topological polar surface area (TPSA) is 66.0 Å². The average Bonchev–Trinajstić information content (AvgIpc) is 1.88. The molecular weight excluding hydrogens is 132 g/mol. The summed E-state index contributed by atoms with van der Waals surface area (Å²) >= 11 is 0. The Labute approximate surface area is 57.6 Å². The van der Waals surface area contributed by atoms with Crippen molar-refractivity contribution < 1.29 is 5.11 Å². The fourth-order valence-corrected chi connectivity index (χ4v) is 0.666. The number of aromatic nitrogens is 2. The molecule has 0 radical (unpaired) electrons. The third kappa shape index (κ3) is 1.22. The molecule has 0 bridgehead atoms. The van der Waals surface area contributed by atoms with Crippen LogP contribution in [0.2, 0.25) is 0 Å². The average molecular weight is 140 g/mol. The van der Waals surface area contributed by atoms with Gasteiger partial charge in [-0.3, -0.25) is 0 Å². The summed E-state index contributed by atoms with van der Waals surface area (Å²) < 4.78 is 0. The highest BCUT2D eigenvalue weighted by Gasteiger charge is 1.95. The van der Waals surface area contributed by atoms with Gasteiger partial charge in [0, 0.05) is 17.5 Å². The van der Waals surface area contributed by atoms with Gasteiger partial charge in [-0.05, 0) is 6.92 Å². The Morgan fingerprint density at radius 2 is 2.50 bits per heavy atom. The first-order valence-corrected chi connectivity index (χ1v) is 2.89. The van der Waals surface area contributed by atoms with Crippen LogP contribution in [-0.2, 0) is 6.61 Å². The Kier molecular flexibility index (Phi) is 1.82. The van der Waals surface area contributed by atoms with E-state index in [1.165, 1.54) is 6.20 Å². The van der Waals surface area contributed by atoms with Gasteiger partial charge in [-0.2, -0.15) is 0 Å². The summed E-state index contributed by atoms with van der Waals surface area (Å²) in [4.78, 5) is 16.4. The summed E-state index contributed by atoms with van der Waals surface area (Å²) in [6, 6.07) is 0. The van der Waals surface area contributed by atoms with Crippen LogP contribution in [0, 0.1) is 6.92 Å². The normalized spacial score (nSPS) is 9.80. The largest absolute Gasteiger partial charge is 0.392 e. The van der Waals surface area contributed by atoms with E-state index in [0.717, 1.165) is 0 Å². The smallest absolute Gasteiger partial charge is 0.345 e. The molecule has 0 aromatic carbocycles. The molecular formula is C6H8N2O2. The maximum absolute atomic E-state index is 10.5. The van der Waals surface area contributed by atoms with Crippen molar-refractivity contribution in [3.63, 3.8) is 0 Å². The number of H-pyrrole nitrogens is 1. The standard InChI is InChI=1S/C6H8N2O2/c1-4-5(3-9)2-7-6(10)8-4/h2,9H,3H2,1H3,(H,7,8,10). The van der Waals surface area contributed by atoms with Gasteiger partial charge in [0.2, 0.25) is 0 Å². The predicted molar refractivity (Wildman–Crippen MR) is 35.5 cm³/mol. The molecule has 1 heterocycles. The molecule has 0 saturated heterocycles. The van der Waals surface area contributed by atoms with Crippen LogP contribution in [0.3, 0.4) is 0 Å². The Morgan fingerprint density at radius 3 is 3.00 bits per heavy atom. The zero-order valence-corrected chi connectivity index (χ0v) is 5.59. The zero-order chi connectivity index (χ0) is 7.56. The number of hydrogen-bond donors (Lipinski definition) is 2. The molecule has 10 heavy (non-hydrogen) atoms.